The lowest BCUT2D eigenvalue weighted by atomic mass is 10.4. The second kappa shape index (κ2) is 12.0. The molecular formula is C22H13Cl5S3. The minimum Gasteiger partial charge on any atom is -0.0843 e. The Morgan fingerprint density at radius 1 is 0.533 bits per heavy atom. The third-order valence-electron chi connectivity index (χ3n) is 3.52. The molecule has 0 nitrogen and oxygen atoms in total. The van der Waals surface area contributed by atoms with Gasteiger partial charge in [0.2, 0.25) is 0 Å². The highest BCUT2D eigenvalue weighted by Gasteiger charge is 2.09. The topological polar surface area (TPSA) is 0 Å². The fraction of sp³-hybridized carbons (Fsp3) is 0. The summed E-state index contributed by atoms with van der Waals surface area (Å²) in [6, 6.07) is 22.7. The van der Waals surface area contributed by atoms with Gasteiger partial charge in [-0.15, -0.1) is 0 Å². The summed E-state index contributed by atoms with van der Waals surface area (Å²) in [5.41, 5.74) is 0. The van der Waals surface area contributed by atoms with Crippen molar-refractivity contribution in [2.24, 2.45) is 0 Å². The third kappa shape index (κ3) is 7.96. The van der Waals surface area contributed by atoms with Crippen molar-refractivity contribution in [3.63, 3.8) is 0 Å². The van der Waals surface area contributed by atoms with E-state index >= 15 is 0 Å². The van der Waals surface area contributed by atoms with Crippen molar-refractivity contribution in [3.8, 4) is 0 Å². The lowest BCUT2D eigenvalue weighted by molar-refractivity contribution is 1.46. The van der Waals surface area contributed by atoms with Gasteiger partial charge in [-0.3, -0.25) is 0 Å². The van der Waals surface area contributed by atoms with Gasteiger partial charge in [0.05, 0.1) is 13.6 Å². The average Bonchev–Trinajstić information content (AvgIpc) is 2.73. The molecule has 3 aromatic carbocycles. The van der Waals surface area contributed by atoms with Crippen molar-refractivity contribution in [1.29, 1.82) is 0 Å². The fourth-order valence-corrected chi connectivity index (χ4v) is 5.93. The molecule has 154 valence electrons. The van der Waals surface area contributed by atoms with E-state index in [1.54, 1.807) is 23.5 Å². The van der Waals surface area contributed by atoms with Gasteiger partial charge in [0, 0.05) is 29.8 Å². The number of allylic oxidation sites excluding steroid dienone is 2. The summed E-state index contributed by atoms with van der Waals surface area (Å²) in [6.45, 7) is 0. The number of hydrogen-bond donors (Lipinski definition) is 0. The molecule has 0 fully saturated rings. The number of benzene rings is 3. The Balaban J connectivity index is 1.85. The number of thioether (sulfide) groups is 3. The first kappa shape index (κ1) is 24.3. The SMILES string of the molecule is Cl/C(C=C(Sc1ccc(Cl)cc1)Sc1ccc(Cl)cc1)=C(\Cl)Sc1ccc(Cl)cc1. The molecule has 0 bridgehead atoms. The first-order chi connectivity index (χ1) is 14.4. The van der Waals surface area contributed by atoms with Crippen molar-refractivity contribution >= 4 is 93.3 Å². The highest BCUT2D eigenvalue weighted by atomic mass is 35.5. The summed E-state index contributed by atoms with van der Waals surface area (Å²) in [5, 5.41) is 2.51. The highest BCUT2D eigenvalue weighted by molar-refractivity contribution is 8.22. The van der Waals surface area contributed by atoms with Crippen molar-refractivity contribution in [2.45, 2.75) is 14.7 Å². The Labute approximate surface area is 214 Å². The third-order valence-corrected chi connectivity index (χ3v) is 8.28. The molecule has 0 amide bonds. The maximum atomic E-state index is 6.55. The van der Waals surface area contributed by atoms with E-state index in [2.05, 4.69) is 0 Å². The Kier molecular flexibility index (Phi) is 9.74. The fourth-order valence-electron chi connectivity index (χ4n) is 2.13. The summed E-state index contributed by atoms with van der Waals surface area (Å²) in [4.78, 5) is 3.03. The van der Waals surface area contributed by atoms with Gasteiger partial charge in [-0.25, -0.2) is 0 Å². The van der Waals surface area contributed by atoms with Crippen LogP contribution in [-0.4, -0.2) is 0 Å². The predicted octanol–water partition coefficient (Wildman–Crippen LogP) is 10.8. The number of hydrogen-bond acceptors (Lipinski definition) is 3. The zero-order chi connectivity index (χ0) is 21.5. The zero-order valence-electron chi connectivity index (χ0n) is 15.1. The van der Waals surface area contributed by atoms with E-state index in [1.165, 1.54) is 11.8 Å². The molecule has 0 unspecified atom stereocenters. The molecule has 3 aromatic rings. The molecule has 0 atom stereocenters. The molecule has 0 aromatic heterocycles. The van der Waals surface area contributed by atoms with Gasteiger partial charge >= 0.3 is 0 Å². The van der Waals surface area contributed by atoms with Gasteiger partial charge in [-0.2, -0.15) is 0 Å². The number of rotatable bonds is 7. The first-order valence-electron chi connectivity index (χ1n) is 8.46. The smallest absolute Gasteiger partial charge is 0.0843 e. The molecule has 0 aliphatic heterocycles. The van der Waals surface area contributed by atoms with Gasteiger partial charge in [0.1, 0.15) is 0 Å². The molecule has 8 heteroatoms. The maximum absolute atomic E-state index is 6.55. The van der Waals surface area contributed by atoms with Gasteiger partial charge < -0.3 is 0 Å². The minimum absolute atomic E-state index is 0.453. The van der Waals surface area contributed by atoms with E-state index in [-0.39, 0.29) is 0 Å². The summed E-state index contributed by atoms with van der Waals surface area (Å²) < 4.78 is 1.43. The van der Waals surface area contributed by atoms with E-state index in [1.807, 2.05) is 78.9 Å². The quantitative estimate of drug-likeness (QED) is 0.212. The molecule has 0 radical (unpaired) electrons. The zero-order valence-corrected chi connectivity index (χ0v) is 21.3. The van der Waals surface area contributed by atoms with Gasteiger partial charge in [0.25, 0.3) is 0 Å². The predicted molar refractivity (Wildman–Crippen MR) is 139 cm³/mol. The van der Waals surface area contributed by atoms with Crippen LogP contribution in [0.25, 0.3) is 0 Å². The Morgan fingerprint density at radius 2 is 0.867 bits per heavy atom. The van der Waals surface area contributed by atoms with Crippen molar-refractivity contribution < 1.29 is 0 Å². The van der Waals surface area contributed by atoms with Crippen molar-refractivity contribution in [3.05, 3.63) is 108 Å². The van der Waals surface area contributed by atoms with Crippen LogP contribution >= 0.6 is 93.3 Å². The van der Waals surface area contributed by atoms with Crippen molar-refractivity contribution in [1.82, 2.24) is 0 Å². The van der Waals surface area contributed by atoms with Crippen LogP contribution < -0.4 is 0 Å². The molecule has 0 saturated heterocycles. The van der Waals surface area contributed by atoms with Crippen LogP contribution in [-0.2, 0) is 0 Å². The van der Waals surface area contributed by atoms with Crippen LogP contribution in [0.1, 0.15) is 0 Å². The van der Waals surface area contributed by atoms with E-state index in [9.17, 15) is 0 Å². The van der Waals surface area contributed by atoms with Crippen LogP contribution in [0.5, 0.6) is 0 Å². The second-order valence-corrected chi connectivity index (χ2v) is 11.6. The molecule has 0 saturated carbocycles. The highest BCUT2D eigenvalue weighted by Crippen LogP contribution is 2.42. The summed E-state index contributed by atoms with van der Waals surface area (Å²) in [5.74, 6) is 0. The van der Waals surface area contributed by atoms with Crippen LogP contribution in [0.2, 0.25) is 15.1 Å². The summed E-state index contributed by atoms with van der Waals surface area (Å²) in [6.07, 6.45) is 1.87. The van der Waals surface area contributed by atoms with Gasteiger partial charge in [0.15, 0.2) is 0 Å². The first-order valence-corrected chi connectivity index (χ1v) is 12.8. The molecule has 0 heterocycles. The second-order valence-electron chi connectivity index (χ2n) is 5.75. The van der Waals surface area contributed by atoms with Gasteiger partial charge in [-0.1, -0.05) is 93.3 Å². The lowest BCUT2D eigenvalue weighted by Crippen LogP contribution is -1.79. The van der Waals surface area contributed by atoms with E-state index in [0.717, 1.165) is 18.9 Å². The Bertz CT molecular complexity index is 994. The molecule has 0 aliphatic carbocycles. The average molecular weight is 551 g/mol. The summed E-state index contributed by atoms with van der Waals surface area (Å²) >= 11 is 35.5. The molecule has 0 spiro atoms. The lowest BCUT2D eigenvalue weighted by Gasteiger charge is -2.09. The molecule has 3 rings (SSSR count). The number of halogens is 5. The Morgan fingerprint density at radius 3 is 1.23 bits per heavy atom. The maximum Gasteiger partial charge on any atom is 0.0969 e. The monoisotopic (exact) mass is 548 g/mol. The Hall–Kier alpha value is -0.360. The molecule has 30 heavy (non-hydrogen) atoms. The van der Waals surface area contributed by atoms with Gasteiger partial charge in [-0.05, 0) is 78.9 Å². The molecular weight excluding hydrogens is 538 g/mol. The largest absolute Gasteiger partial charge is 0.0969 e. The van der Waals surface area contributed by atoms with E-state index in [4.69, 9.17) is 58.0 Å². The standard InChI is InChI=1S/C22H13Cl5S3/c23-14-1-7-17(8-2-14)28-21(29-18-9-3-15(24)4-10-18)13-20(26)22(27)30-19-11-5-16(25)6-12-19/h1-13H/b22-20+. The summed E-state index contributed by atoms with van der Waals surface area (Å²) in [7, 11) is 0. The van der Waals surface area contributed by atoms with Crippen molar-refractivity contribution in [2.75, 3.05) is 0 Å². The molecule has 0 N–H and O–H groups in total. The van der Waals surface area contributed by atoms with Crippen LogP contribution in [0.15, 0.2) is 107 Å². The van der Waals surface area contributed by atoms with Crippen LogP contribution in [0.4, 0.5) is 0 Å². The minimum atomic E-state index is 0.453. The normalized spacial score (nSPS) is 11.8. The van der Waals surface area contributed by atoms with Crippen LogP contribution in [0.3, 0.4) is 0 Å². The van der Waals surface area contributed by atoms with Crippen LogP contribution in [0, 0.1) is 0 Å². The molecule has 0 aliphatic rings. The van der Waals surface area contributed by atoms with E-state index < -0.39 is 0 Å². The van der Waals surface area contributed by atoms with E-state index in [0.29, 0.717) is 24.5 Å².